The predicted octanol–water partition coefficient (Wildman–Crippen LogP) is 0.876. The minimum Gasteiger partial charge on any atom is -0.366 e. The second-order valence-corrected chi connectivity index (χ2v) is 5.55. The van der Waals surface area contributed by atoms with Crippen molar-refractivity contribution in [3.05, 3.63) is 39.4 Å². The molecule has 3 N–H and O–H groups in total. The van der Waals surface area contributed by atoms with E-state index in [4.69, 9.17) is 5.73 Å². The minimum absolute atomic E-state index is 0.0512. The number of rotatable bonds is 4. The summed E-state index contributed by atoms with van der Waals surface area (Å²) in [5.74, 6) is -0.659. The van der Waals surface area contributed by atoms with Gasteiger partial charge in [0.25, 0.3) is 5.69 Å². The Bertz CT molecular complexity index is 561. The van der Waals surface area contributed by atoms with Crippen molar-refractivity contribution in [2.45, 2.75) is 32.5 Å². The molecule has 1 aromatic carbocycles. The van der Waals surface area contributed by atoms with E-state index in [0.717, 1.165) is 13.1 Å². The summed E-state index contributed by atoms with van der Waals surface area (Å²) < 4.78 is 0. The highest BCUT2D eigenvalue weighted by Crippen LogP contribution is 2.23. The first-order valence-corrected chi connectivity index (χ1v) is 6.93. The molecule has 1 saturated heterocycles. The standard InChI is InChI=1S/C14H20N4O3/c1-9-7-17(10(2)6-16-9)8-12-4-3-11(14(15)19)5-13(12)18(20)21/h3-5,9-10,16H,6-8H2,1-2H3,(H2,15,19). The second-order valence-electron chi connectivity index (χ2n) is 5.55. The number of amides is 1. The van der Waals surface area contributed by atoms with E-state index in [9.17, 15) is 14.9 Å². The van der Waals surface area contributed by atoms with E-state index < -0.39 is 10.8 Å². The van der Waals surface area contributed by atoms with Crippen LogP contribution in [0.4, 0.5) is 5.69 Å². The minimum atomic E-state index is -0.659. The van der Waals surface area contributed by atoms with Crippen molar-refractivity contribution < 1.29 is 9.72 Å². The molecule has 0 radical (unpaired) electrons. The van der Waals surface area contributed by atoms with E-state index in [1.165, 1.54) is 6.07 Å². The molecule has 2 unspecified atom stereocenters. The zero-order chi connectivity index (χ0) is 15.6. The van der Waals surface area contributed by atoms with Crippen LogP contribution in [0.1, 0.15) is 29.8 Å². The summed E-state index contributed by atoms with van der Waals surface area (Å²) in [5, 5.41) is 14.6. The lowest BCUT2D eigenvalue weighted by Crippen LogP contribution is -2.53. The maximum Gasteiger partial charge on any atom is 0.274 e. The van der Waals surface area contributed by atoms with Crippen LogP contribution in [0.25, 0.3) is 0 Å². The van der Waals surface area contributed by atoms with E-state index in [0.29, 0.717) is 24.2 Å². The number of hydrogen-bond acceptors (Lipinski definition) is 5. The Kier molecular flexibility index (Phi) is 4.54. The summed E-state index contributed by atoms with van der Waals surface area (Å²) in [6.07, 6.45) is 0. The quantitative estimate of drug-likeness (QED) is 0.633. The van der Waals surface area contributed by atoms with Gasteiger partial charge < -0.3 is 11.1 Å². The van der Waals surface area contributed by atoms with Gasteiger partial charge in [0.1, 0.15) is 0 Å². The van der Waals surface area contributed by atoms with Gasteiger partial charge in [-0.25, -0.2) is 0 Å². The fourth-order valence-corrected chi connectivity index (χ4v) is 2.56. The van der Waals surface area contributed by atoms with Crippen molar-refractivity contribution in [3.63, 3.8) is 0 Å². The number of nitro groups is 1. The Morgan fingerprint density at radius 2 is 2.24 bits per heavy atom. The molecule has 2 atom stereocenters. The molecule has 1 amide bonds. The molecular formula is C14H20N4O3. The molecule has 114 valence electrons. The highest BCUT2D eigenvalue weighted by molar-refractivity contribution is 5.93. The third-order valence-corrected chi connectivity index (χ3v) is 3.83. The Labute approximate surface area is 123 Å². The molecule has 1 aliphatic heterocycles. The summed E-state index contributed by atoms with van der Waals surface area (Å²) in [6, 6.07) is 5.08. The molecule has 0 bridgehead atoms. The molecule has 0 aromatic heterocycles. The maximum atomic E-state index is 11.2. The van der Waals surface area contributed by atoms with E-state index in [2.05, 4.69) is 24.1 Å². The van der Waals surface area contributed by atoms with Crippen molar-refractivity contribution >= 4 is 11.6 Å². The number of piperazine rings is 1. The van der Waals surface area contributed by atoms with Gasteiger partial charge >= 0.3 is 0 Å². The van der Waals surface area contributed by atoms with Crippen LogP contribution < -0.4 is 11.1 Å². The number of carbonyl (C=O) groups is 1. The number of nitrogens with two attached hydrogens (primary N) is 1. The van der Waals surface area contributed by atoms with Gasteiger partial charge in [-0.3, -0.25) is 19.8 Å². The highest BCUT2D eigenvalue weighted by atomic mass is 16.6. The van der Waals surface area contributed by atoms with Gasteiger partial charge in [-0.1, -0.05) is 6.07 Å². The van der Waals surface area contributed by atoms with Crippen LogP contribution >= 0.6 is 0 Å². The van der Waals surface area contributed by atoms with Crippen LogP contribution in [0.5, 0.6) is 0 Å². The molecule has 1 aliphatic rings. The van der Waals surface area contributed by atoms with Crippen LogP contribution in [0.2, 0.25) is 0 Å². The van der Waals surface area contributed by atoms with E-state index in [1.807, 2.05) is 0 Å². The van der Waals surface area contributed by atoms with Crippen molar-refractivity contribution in [1.29, 1.82) is 0 Å². The fraction of sp³-hybridized carbons (Fsp3) is 0.500. The Balaban J connectivity index is 2.26. The molecule has 1 fully saturated rings. The van der Waals surface area contributed by atoms with Gasteiger partial charge in [0, 0.05) is 48.9 Å². The van der Waals surface area contributed by atoms with Gasteiger partial charge in [-0.15, -0.1) is 0 Å². The topological polar surface area (TPSA) is 102 Å². The summed E-state index contributed by atoms with van der Waals surface area (Å²) in [6.45, 7) is 6.35. The maximum absolute atomic E-state index is 11.2. The van der Waals surface area contributed by atoms with Gasteiger partial charge in [0.05, 0.1) is 4.92 Å². The zero-order valence-corrected chi connectivity index (χ0v) is 12.2. The number of benzene rings is 1. The first-order valence-electron chi connectivity index (χ1n) is 6.93. The Morgan fingerprint density at radius 1 is 1.52 bits per heavy atom. The summed E-state index contributed by atoms with van der Waals surface area (Å²) in [7, 11) is 0. The number of nitrogens with zero attached hydrogens (tertiary/aromatic N) is 2. The average Bonchev–Trinajstić information content (AvgIpc) is 2.42. The molecule has 1 heterocycles. The van der Waals surface area contributed by atoms with Gasteiger partial charge in [-0.05, 0) is 19.9 Å². The predicted molar refractivity (Wildman–Crippen MR) is 79.0 cm³/mol. The fourth-order valence-electron chi connectivity index (χ4n) is 2.56. The first-order chi connectivity index (χ1) is 9.88. The van der Waals surface area contributed by atoms with E-state index in [1.54, 1.807) is 12.1 Å². The van der Waals surface area contributed by atoms with Crippen LogP contribution in [-0.4, -0.2) is 40.9 Å². The van der Waals surface area contributed by atoms with E-state index in [-0.39, 0.29) is 11.3 Å². The third kappa shape index (κ3) is 3.56. The SMILES string of the molecule is CC1CN(Cc2ccc(C(N)=O)cc2[N+](=O)[O-])C(C)CN1. The second kappa shape index (κ2) is 6.19. The Hall–Kier alpha value is -1.99. The summed E-state index contributed by atoms with van der Waals surface area (Å²) >= 11 is 0. The van der Waals surface area contributed by atoms with Crippen LogP contribution in [0.15, 0.2) is 18.2 Å². The smallest absolute Gasteiger partial charge is 0.274 e. The lowest BCUT2D eigenvalue weighted by atomic mass is 10.1. The molecule has 21 heavy (non-hydrogen) atoms. The van der Waals surface area contributed by atoms with Crippen LogP contribution in [0.3, 0.4) is 0 Å². The molecular weight excluding hydrogens is 272 g/mol. The first kappa shape index (κ1) is 15.4. The number of carbonyl (C=O) groups excluding carboxylic acids is 1. The molecule has 0 saturated carbocycles. The molecule has 2 rings (SSSR count). The largest absolute Gasteiger partial charge is 0.366 e. The molecule has 7 nitrogen and oxygen atoms in total. The Morgan fingerprint density at radius 3 is 2.86 bits per heavy atom. The van der Waals surface area contributed by atoms with Crippen LogP contribution in [0, 0.1) is 10.1 Å². The number of primary amides is 1. The average molecular weight is 292 g/mol. The van der Waals surface area contributed by atoms with Gasteiger partial charge in [0.15, 0.2) is 0 Å². The van der Waals surface area contributed by atoms with Gasteiger partial charge in [0.2, 0.25) is 5.91 Å². The lowest BCUT2D eigenvalue weighted by molar-refractivity contribution is -0.385. The van der Waals surface area contributed by atoms with Crippen molar-refractivity contribution in [2.24, 2.45) is 5.73 Å². The number of nitro benzene ring substituents is 1. The monoisotopic (exact) mass is 292 g/mol. The summed E-state index contributed by atoms with van der Waals surface area (Å²) in [4.78, 5) is 24.1. The summed E-state index contributed by atoms with van der Waals surface area (Å²) in [5.41, 5.74) is 5.89. The number of hydrogen-bond donors (Lipinski definition) is 2. The van der Waals surface area contributed by atoms with E-state index >= 15 is 0 Å². The zero-order valence-electron chi connectivity index (χ0n) is 12.2. The van der Waals surface area contributed by atoms with Crippen molar-refractivity contribution in [2.75, 3.05) is 13.1 Å². The molecule has 0 spiro atoms. The molecule has 0 aliphatic carbocycles. The van der Waals surface area contributed by atoms with Crippen molar-refractivity contribution in [3.8, 4) is 0 Å². The normalized spacial score (nSPS) is 23.0. The van der Waals surface area contributed by atoms with Gasteiger partial charge in [-0.2, -0.15) is 0 Å². The lowest BCUT2D eigenvalue weighted by Gasteiger charge is -2.37. The third-order valence-electron chi connectivity index (χ3n) is 3.83. The molecule has 1 aromatic rings. The molecule has 7 heteroatoms. The highest BCUT2D eigenvalue weighted by Gasteiger charge is 2.25. The number of nitrogens with one attached hydrogen (secondary N) is 1. The van der Waals surface area contributed by atoms with Crippen LogP contribution in [-0.2, 0) is 6.54 Å². The van der Waals surface area contributed by atoms with Crippen molar-refractivity contribution in [1.82, 2.24) is 10.2 Å².